The molecule has 1 aromatic heterocycles. The van der Waals surface area contributed by atoms with Crippen LogP contribution in [0.2, 0.25) is 0 Å². The van der Waals surface area contributed by atoms with Crippen molar-refractivity contribution in [1.29, 1.82) is 0 Å². The van der Waals surface area contributed by atoms with Crippen molar-refractivity contribution in [1.82, 2.24) is 4.57 Å². The quantitative estimate of drug-likeness (QED) is 0.193. The van der Waals surface area contributed by atoms with E-state index in [2.05, 4.69) is 146 Å². The molecule has 202 valence electrons. The molecule has 0 saturated heterocycles. The van der Waals surface area contributed by atoms with Crippen LogP contribution in [0.1, 0.15) is 29.3 Å². The largest absolute Gasteiger partial charge is 0.311 e. The third-order valence-electron chi connectivity index (χ3n) is 7.45. The smallest absolute Gasteiger partial charge is 0.0537 e. The molecule has 0 radical (unpaired) electrons. The van der Waals surface area contributed by atoms with Gasteiger partial charge in [-0.3, -0.25) is 0 Å². The second kappa shape index (κ2) is 12.0. The van der Waals surface area contributed by atoms with E-state index < -0.39 is 0 Å². The van der Waals surface area contributed by atoms with Gasteiger partial charge in [0.15, 0.2) is 0 Å². The monoisotopic (exact) mass is 532 g/mol. The summed E-state index contributed by atoms with van der Waals surface area (Å²) in [5.74, 6) is 0. The Labute approximate surface area is 243 Å². The molecule has 0 N–H and O–H groups in total. The summed E-state index contributed by atoms with van der Waals surface area (Å²) in [4.78, 5) is 2.30. The fraction of sp³-hybridized carbons (Fsp3) is 0.0769. The Balaban J connectivity index is 1.52. The van der Waals surface area contributed by atoms with E-state index in [-0.39, 0.29) is 0 Å². The number of anilines is 3. The predicted octanol–water partition coefficient (Wildman–Crippen LogP) is 9.28. The van der Waals surface area contributed by atoms with Gasteiger partial charge in [-0.1, -0.05) is 97.6 Å². The highest BCUT2D eigenvalue weighted by atomic mass is 15.1. The molecule has 1 heterocycles. The zero-order valence-electron chi connectivity index (χ0n) is 24.1. The predicted molar refractivity (Wildman–Crippen MR) is 180 cm³/mol. The highest BCUT2D eigenvalue weighted by Crippen LogP contribution is 2.36. The Morgan fingerprint density at radius 3 is 1.49 bits per heavy atom. The Bertz CT molecular complexity index is 1770. The zero-order valence-corrected chi connectivity index (χ0v) is 24.1. The first kappa shape index (κ1) is 27.5. The minimum absolute atomic E-state index is 1.02. The Hall–Kier alpha value is -5.08. The lowest BCUT2D eigenvalue weighted by Gasteiger charge is -2.26. The number of aromatic nitrogens is 1. The summed E-state index contributed by atoms with van der Waals surface area (Å²) in [5, 5.41) is 2.19. The van der Waals surface area contributed by atoms with Crippen LogP contribution < -0.4 is 15.5 Å². The Kier molecular flexibility index (Phi) is 8.03. The fourth-order valence-electron chi connectivity index (χ4n) is 5.36. The molecular formula is C39H36N2. The lowest BCUT2D eigenvalue weighted by molar-refractivity contribution is 1.02. The number of allylic oxidation sites excluding steroid dienone is 1. The number of benzene rings is 4. The standard InChI is InChI=1S/C39H36N2/c1-7-11-39-37(9-3)36(8-2)38(10-4)41(39)35-26-18-31(19-27-35)30-16-24-34(25-17-30)40(32-20-12-28(5)13-21-32)33-22-14-29(6)15-23-33/h7-27H,1-2,4H2,3,5-6H3/b37-9-,39-11+. The molecule has 41 heavy (non-hydrogen) atoms. The van der Waals surface area contributed by atoms with Gasteiger partial charge >= 0.3 is 0 Å². The van der Waals surface area contributed by atoms with E-state index in [1.807, 2.05) is 31.2 Å². The van der Waals surface area contributed by atoms with Gasteiger partial charge < -0.3 is 9.47 Å². The molecule has 5 aromatic rings. The number of aryl methyl sites for hydroxylation is 2. The van der Waals surface area contributed by atoms with Crippen molar-refractivity contribution in [3.05, 3.63) is 156 Å². The summed E-state index contributed by atoms with van der Waals surface area (Å²) in [6.07, 6.45) is 9.77. The van der Waals surface area contributed by atoms with Crippen molar-refractivity contribution < 1.29 is 0 Å². The topological polar surface area (TPSA) is 8.17 Å². The van der Waals surface area contributed by atoms with Crippen molar-refractivity contribution >= 4 is 41.4 Å². The lowest BCUT2D eigenvalue weighted by Crippen LogP contribution is -2.28. The lowest BCUT2D eigenvalue weighted by atomic mass is 10.0. The molecule has 2 heteroatoms. The van der Waals surface area contributed by atoms with Gasteiger partial charge in [-0.2, -0.15) is 0 Å². The van der Waals surface area contributed by atoms with Gasteiger partial charge in [0.25, 0.3) is 0 Å². The number of hydrogen-bond donors (Lipinski definition) is 0. The van der Waals surface area contributed by atoms with Crippen LogP contribution in [0.15, 0.2) is 123 Å². The van der Waals surface area contributed by atoms with E-state index in [4.69, 9.17) is 0 Å². The molecule has 0 aliphatic heterocycles. The van der Waals surface area contributed by atoms with Crippen LogP contribution in [0.25, 0.3) is 41.1 Å². The molecule has 0 bridgehead atoms. The van der Waals surface area contributed by atoms with Gasteiger partial charge in [0, 0.05) is 33.5 Å². The molecule has 0 unspecified atom stereocenters. The highest BCUT2D eigenvalue weighted by molar-refractivity contribution is 5.78. The third kappa shape index (κ3) is 5.37. The van der Waals surface area contributed by atoms with E-state index in [1.165, 1.54) is 11.1 Å². The minimum Gasteiger partial charge on any atom is -0.311 e. The number of rotatable bonds is 8. The normalized spacial score (nSPS) is 11.9. The van der Waals surface area contributed by atoms with Crippen LogP contribution in [-0.4, -0.2) is 4.57 Å². The molecule has 0 aliphatic carbocycles. The van der Waals surface area contributed by atoms with E-state index in [1.54, 1.807) is 0 Å². The summed E-state index contributed by atoms with van der Waals surface area (Å²) in [5.41, 5.74) is 11.4. The van der Waals surface area contributed by atoms with E-state index in [9.17, 15) is 0 Å². The first-order valence-electron chi connectivity index (χ1n) is 13.9. The van der Waals surface area contributed by atoms with Gasteiger partial charge in [-0.15, -0.1) is 0 Å². The second-order valence-electron chi connectivity index (χ2n) is 10.1. The maximum absolute atomic E-state index is 4.09. The first-order valence-corrected chi connectivity index (χ1v) is 13.9. The van der Waals surface area contributed by atoms with E-state index >= 15 is 0 Å². The Morgan fingerprint density at radius 1 is 0.610 bits per heavy atom. The van der Waals surface area contributed by atoms with Crippen molar-refractivity contribution in [3.63, 3.8) is 0 Å². The average molecular weight is 533 g/mol. The molecule has 5 rings (SSSR count). The number of hydrogen-bond acceptors (Lipinski definition) is 1. The van der Waals surface area contributed by atoms with Gasteiger partial charge in [-0.05, 0) is 92.6 Å². The SMILES string of the molecule is C=C/C=c1\c(=C/C)c(C=C)c(C=C)n1-c1ccc(-c2ccc(N(c3ccc(C)cc3)c3ccc(C)cc3)cc2)cc1. The molecule has 0 amide bonds. The van der Waals surface area contributed by atoms with Crippen molar-refractivity contribution in [2.45, 2.75) is 20.8 Å². The fourth-order valence-corrected chi connectivity index (χ4v) is 5.36. The van der Waals surface area contributed by atoms with Gasteiger partial charge in [0.2, 0.25) is 0 Å². The summed E-state index contributed by atoms with van der Waals surface area (Å²) in [7, 11) is 0. The summed E-state index contributed by atoms with van der Waals surface area (Å²) in [6, 6.07) is 34.8. The summed E-state index contributed by atoms with van der Waals surface area (Å²) < 4.78 is 2.22. The molecular weight excluding hydrogens is 496 g/mol. The van der Waals surface area contributed by atoms with Crippen LogP contribution in [-0.2, 0) is 0 Å². The molecule has 0 atom stereocenters. The third-order valence-corrected chi connectivity index (χ3v) is 7.45. The van der Waals surface area contributed by atoms with Crippen LogP contribution in [0.5, 0.6) is 0 Å². The second-order valence-corrected chi connectivity index (χ2v) is 10.1. The van der Waals surface area contributed by atoms with Gasteiger partial charge in [-0.25, -0.2) is 0 Å². The van der Waals surface area contributed by atoms with Crippen molar-refractivity contribution in [2.75, 3.05) is 4.90 Å². The zero-order chi connectivity index (χ0) is 28.9. The van der Waals surface area contributed by atoms with Crippen LogP contribution in [0, 0.1) is 13.8 Å². The average Bonchev–Trinajstić information content (AvgIpc) is 3.32. The molecule has 0 aliphatic rings. The maximum Gasteiger partial charge on any atom is 0.0537 e. The summed E-state index contributed by atoms with van der Waals surface area (Å²) >= 11 is 0. The minimum atomic E-state index is 1.02. The Morgan fingerprint density at radius 2 is 1.07 bits per heavy atom. The first-order chi connectivity index (χ1) is 20.0. The maximum atomic E-state index is 4.09. The molecule has 0 spiro atoms. The molecule has 2 nitrogen and oxygen atoms in total. The molecule has 4 aromatic carbocycles. The van der Waals surface area contributed by atoms with E-state index in [0.29, 0.717) is 0 Å². The highest BCUT2D eigenvalue weighted by Gasteiger charge is 2.14. The molecule has 0 saturated carbocycles. The van der Waals surface area contributed by atoms with Crippen molar-refractivity contribution in [2.24, 2.45) is 0 Å². The van der Waals surface area contributed by atoms with Crippen LogP contribution in [0.3, 0.4) is 0 Å². The molecule has 0 fully saturated rings. The van der Waals surface area contributed by atoms with Gasteiger partial charge in [0.1, 0.15) is 0 Å². The van der Waals surface area contributed by atoms with Crippen LogP contribution >= 0.6 is 0 Å². The number of nitrogens with zero attached hydrogens (tertiary/aromatic N) is 2. The van der Waals surface area contributed by atoms with Crippen molar-refractivity contribution in [3.8, 4) is 16.8 Å². The van der Waals surface area contributed by atoms with E-state index in [0.717, 1.165) is 55.7 Å². The van der Waals surface area contributed by atoms with Crippen LogP contribution in [0.4, 0.5) is 17.1 Å². The summed E-state index contributed by atoms with van der Waals surface area (Å²) in [6.45, 7) is 18.4. The van der Waals surface area contributed by atoms with Gasteiger partial charge in [0.05, 0.1) is 11.0 Å².